The van der Waals surface area contributed by atoms with Crippen molar-refractivity contribution >= 4 is 11.8 Å². The van der Waals surface area contributed by atoms with Gasteiger partial charge in [-0.05, 0) is 44.2 Å². The monoisotopic (exact) mass is 354 g/mol. The summed E-state index contributed by atoms with van der Waals surface area (Å²) in [5, 5.41) is 0. The molecule has 1 heterocycles. The molecule has 1 aromatic carbocycles. The Bertz CT molecular complexity index is 659. The molecule has 1 saturated heterocycles. The molecule has 4 heteroatoms. The van der Waals surface area contributed by atoms with Crippen molar-refractivity contribution in [1.82, 2.24) is 9.80 Å². The van der Waals surface area contributed by atoms with Crippen LogP contribution in [0.1, 0.15) is 49.1 Å². The molecule has 0 spiro atoms. The van der Waals surface area contributed by atoms with Crippen LogP contribution in [-0.4, -0.2) is 47.8 Å². The molecule has 1 aliphatic carbocycles. The van der Waals surface area contributed by atoms with Crippen molar-refractivity contribution in [3.63, 3.8) is 0 Å². The van der Waals surface area contributed by atoms with Crippen molar-refractivity contribution in [2.24, 2.45) is 5.92 Å². The molecule has 0 aromatic heterocycles. The van der Waals surface area contributed by atoms with Gasteiger partial charge in [0.2, 0.25) is 11.8 Å². The number of carbonyl (C=O) groups excluding carboxylic acids is 2. The molecule has 2 fully saturated rings. The van der Waals surface area contributed by atoms with E-state index in [1.807, 2.05) is 11.9 Å². The lowest BCUT2D eigenvalue weighted by molar-refractivity contribution is -0.140. The van der Waals surface area contributed by atoms with Crippen LogP contribution in [0.5, 0.6) is 0 Å². The number of nitrogens with zero attached hydrogens (tertiary/aromatic N) is 2. The van der Waals surface area contributed by atoms with Crippen LogP contribution in [-0.2, 0) is 9.59 Å². The molecular formula is C22H30N2O2. The highest BCUT2D eigenvalue weighted by Crippen LogP contribution is 2.38. The Hall–Kier alpha value is -2.10. The maximum Gasteiger partial charge on any atom is 0.245 e. The molecule has 2 atom stereocenters. The molecule has 0 N–H and O–H groups in total. The molecule has 1 saturated carbocycles. The highest BCUT2D eigenvalue weighted by molar-refractivity contribution is 5.87. The van der Waals surface area contributed by atoms with E-state index < -0.39 is 0 Å². The number of amides is 2. The minimum atomic E-state index is -0.0283. The number of hydrogen-bond acceptors (Lipinski definition) is 2. The predicted octanol–water partition coefficient (Wildman–Crippen LogP) is 3.51. The molecule has 140 valence electrons. The first-order valence-electron chi connectivity index (χ1n) is 9.76. The third-order valence-corrected chi connectivity index (χ3v) is 6.16. The molecule has 26 heavy (non-hydrogen) atoms. The molecule has 1 aliphatic heterocycles. The van der Waals surface area contributed by atoms with E-state index in [4.69, 9.17) is 0 Å². The van der Waals surface area contributed by atoms with Gasteiger partial charge in [0, 0.05) is 38.0 Å². The van der Waals surface area contributed by atoms with E-state index in [0.29, 0.717) is 19.0 Å². The largest absolute Gasteiger partial charge is 0.342 e. The summed E-state index contributed by atoms with van der Waals surface area (Å²) in [4.78, 5) is 28.6. The van der Waals surface area contributed by atoms with E-state index in [1.54, 1.807) is 4.90 Å². The molecule has 2 aliphatic rings. The molecule has 4 nitrogen and oxygen atoms in total. The second-order valence-electron chi connectivity index (χ2n) is 7.77. The van der Waals surface area contributed by atoms with Crippen LogP contribution < -0.4 is 0 Å². The van der Waals surface area contributed by atoms with Gasteiger partial charge in [0.15, 0.2) is 0 Å². The standard InChI is InChI=1S/C22H30N2O2/c1-4-21(25)24-14-12-18(13-15-24)22(26)23(3)20-7-5-6-19(20)17-10-8-16(2)9-11-17/h4,8-11,18-20H,1,5-7,12-15H2,2-3H3. The zero-order valence-electron chi connectivity index (χ0n) is 16.0. The number of aryl methyl sites for hydroxylation is 1. The first-order chi connectivity index (χ1) is 12.5. The van der Waals surface area contributed by atoms with Gasteiger partial charge in [-0.15, -0.1) is 0 Å². The van der Waals surface area contributed by atoms with Gasteiger partial charge in [-0.2, -0.15) is 0 Å². The molecule has 1 aromatic rings. The van der Waals surface area contributed by atoms with Crippen LogP contribution in [0, 0.1) is 12.8 Å². The van der Waals surface area contributed by atoms with Crippen LogP contribution in [0.2, 0.25) is 0 Å². The average molecular weight is 354 g/mol. The highest BCUT2D eigenvalue weighted by atomic mass is 16.2. The van der Waals surface area contributed by atoms with Crippen LogP contribution in [0.15, 0.2) is 36.9 Å². The molecular weight excluding hydrogens is 324 g/mol. The first kappa shape index (κ1) is 18.7. The summed E-state index contributed by atoms with van der Waals surface area (Å²) in [6.07, 6.45) is 6.27. The van der Waals surface area contributed by atoms with Crippen molar-refractivity contribution < 1.29 is 9.59 Å². The fourth-order valence-corrected chi connectivity index (χ4v) is 4.53. The number of rotatable bonds is 4. The number of likely N-dealkylation sites (tertiary alicyclic amines) is 1. The summed E-state index contributed by atoms with van der Waals surface area (Å²) in [5.41, 5.74) is 2.62. The molecule has 2 unspecified atom stereocenters. The summed E-state index contributed by atoms with van der Waals surface area (Å²) in [6, 6.07) is 9.06. The van der Waals surface area contributed by atoms with Crippen molar-refractivity contribution in [2.45, 2.75) is 51.0 Å². The van der Waals surface area contributed by atoms with Gasteiger partial charge < -0.3 is 9.80 Å². The highest BCUT2D eigenvalue weighted by Gasteiger charge is 2.37. The van der Waals surface area contributed by atoms with Crippen molar-refractivity contribution in [3.05, 3.63) is 48.0 Å². The van der Waals surface area contributed by atoms with E-state index >= 15 is 0 Å². The van der Waals surface area contributed by atoms with Gasteiger partial charge in [-0.25, -0.2) is 0 Å². The number of benzene rings is 1. The van der Waals surface area contributed by atoms with Crippen LogP contribution >= 0.6 is 0 Å². The maximum atomic E-state index is 13.1. The zero-order valence-corrected chi connectivity index (χ0v) is 16.0. The van der Waals surface area contributed by atoms with Crippen molar-refractivity contribution in [2.75, 3.05) is 20.1 Å². The second kappa shape index (κ2) is 8.07. The summed E-state index contributed by atoms with van der Waals surface area (Å²) >= 11 is 0. The fraction of sp³-hybridized carbons (Fsp3) is 0.545. The summed E-state index contributed by atoms with van der Waals surface area (Å²) in [7, 11) is 1.97. The second-order valence-corrected chi connectivity index (χ2v) is 7.77. The van der Waals surface area contributed by atoms with Gasteiger partial charge in [0.1, 0.15) is 0 Å². The Morgan fingerprint density at radius 1 is 1.12 bits per heavy atom. The summed E-state index contributed by atoms with van der Waals surface area (Å²) in [6.45, 7) is 6.96. The number of likely N-dealkylation sites (N-methyl/N-ethyl adjacent to an activating group) is 1. The lowest BCUT2D eigenvalue weighted by Crippen LogP contribution is -2.46. The van der Waals surface area contributed by atoms with Gasteiger partial charge in [0.05, 0.1) is 0 Å². The normalized spacial score (nSPS) is 23.7. The summed E-state index contributed by atoms with van der Waals surface area (Å²) in [5.74, 6) is 0.694. The zero-order chi connectivity index (χ0) is 18.7. The molecule has 2 amide bonds. The van der Waals surface area contributed by atoms with E-state index in [9.17, 15) is 9.59 Å². The Morgan fingerprint density at radius 2 is 1.77 bits per heavy atom. The topological polar surface area (TPSA) is 40.6 Å². The minimum absolute atomic E-state index is 0.0283. The molecule has 0 bridgehead atoms. The first-order valence-corrected chi connectivity index (χ1v) is 9.76. The number of hydrogen-bond donors (Lipinski definition) is 0. The molecule has 0 radical (unpaired) electrons. The van der Waals surface area contributed by atoms with Crippen LogP contribution in [0.4, 0.5) is 0 Å². The smallest absolute Gasteiger partial charge is 0.245 e. The van der Waals surface area contributed by atoms with E-state index in [0.717, 1.165) is 25.7 Å². The number of piperidine rings is 1. The van der Waals surface area contributed by atoms with E-state index in [1.165, 1.54) is 23.6 Å². The quantitative estimate of drug-likeness (QED) is 0.776. The average Bonchev–Trinajstić information content (AvgIpc) is 3.16. The Balaban J connectivity index is 1.63. The fourth-order valence-electron chi connectivity index (χ4n) is 4.53. The lowest BCUT2D eigenvalue weighted by Gasteiger charge is -2.36. The Kier molecular flexibility index (Phi) is 5.80. The van der Waals surface area contributed by atoms with E-state index in [-0.39, 0.29) is 23.8 Å². The third kappa shape index (κ3) is 3.84. The predicted molar refractivity (Wildman–Crippen MR) is 104 cm³/mol. The van der Waals surface area contributed by atoms with Gasteiger partial charge in [-0.1, -0.05) is 42.8 Å². The number of carbonyl (C=O) groups is 2. The van der Waals surface area contributed by atoms with Crippen LogP contribution in [0.25, 0.3) is 0 Å². The SMILES string of the molecule is C=CC(=O)N1CCC(C(=O)N(C)C2CCCC2c2ccc(C)cc2)CC1. The van der Waals surface area contributed by atoms with Gasteiger partial charge >= 0.3 is 0 Å². The molecule has 3 rings (SSSR count). The Labute approximate surface area is 156 Å². The van der Waals surface area contributed by atoms with Crippen molar-refractivity contribution in [3.8, 4) is 0 Å². The maximum absolute atomic E-state index is 13.1. The summed E-state index contributed by atoms with van der Waals surface area (Å²) < 4.78 is 0. The Morgan fingerprint density at radius 3 is 2.38 bits per heavy atom. The third-order valence-electron chi connectivity index (χ3n) is 6.16. The van der Waals surface area contributed by atoms with E-state index in [2.05, 4.69) is 37.8 Å². The van der Waals surface area contributed by atoms with Gasteiger partial charge in [-0.3, -0.25) is 9.59 Å². The van der Waals surface area contributed by atoms with Crippen molar-refractivity contribution in [1.29, 1.82) is 0 Å². The lowest BCUT2D eigenvalue weighted by atomic mass is 9.90. The minimum Gasteiger partial charge on any atom is -0.342 e. The van der Waals surface area contributed by atoms with Crippen LogP contribution in [0.3, 0.4) is 0 Å². The van der Waals surface area contributed by atoms with Gasteiger partial charge in [0.25, 0.3) is 0 Å².